The number of nitrogens with zero attached hydrogens (tertiary/aromatic N) is 2. The SMILES string of the molecule is CCCCN(C)C(=NC)NCC(C)(C)SC. The highest BCUT2D eigenvalue weighted by atomic mass is 32.2. The number of unbranched alkanes of at least 4 members (excludes halogenated alkanes) is 1. The Bertz CT molecular complexity index is 214. The summed E-state index contributed by atoms with van der Waals surface area (Å²) in [4.78, 5) is 6.49. The number of nitrogens with one attached hydrogen (secondary N) is 1. The van der Waals surface area contributed by atoms with Crippen molar-refractivity contribution in [2.24, 2.45) is 4.99 Å². The van der Waals surface area contributed by atoms with Gasteiger partial charge in [-0.1, -0.05) is 13.3 Å². The summed E-state index contributed by atoms with van der Waals surface area (Å²) in [6, 6.07) is 0. The molecule has 0 spiro atoms. The molecule has 96 valence electrons. The van der Waals surface area contributed by atoms with Crippen molar-refractivity contribution < 1.29 is 0 Å². The summed E-state index contributed by atoms with van der Waals surface area (Å²) in [6.45, 7) is 8.70. The molecule has 4 heteroatoms. The molecule has 0 aromatic carbocycles. The minimum absolute atomic E-state index is 0.252. The van der Waals surface area contributed by atoms with Crippen LogP contribution in [0.2, 0.25) is 0 Å². The van der Waals surface area contributed by atoms with Crippen LogP contribution in [-0.4, -0.2) is 49.0 Å². The molecule has 0 aliphatic rings. The monoisotopic (exact) mass is 245 g/mol. The summed E-state index contributed by atoms with van der Waals surface area (Å²) in [5, 5.41) is 3.42. The van der Waals surface area contributed by atoms with E-state index in [-0.39, 0.29) is 4.75 Å². The van der Waals surface area contributed by atoms with Gasteiger partial charge in [-0.2, -0.15) is 11.8 Å². The second kappa shape index (κ2) is 7.82. The minimum Gasteiger partial charge on any atom is -0.355 e. The van der Waals surface area contributed by atoms with Crippen molar-refractivity contribution in [2.75, 3.05) is 33.4 Å². The Kier molecular flexibility index (Phi) is 7.64. The highest BCUT2D eigenvalue weighted by Crippen LogP contribution is 2.19. The van der Waals surface area contributed by atoms with Crippen LogP contribution in [0.4, 0.5) is 0 Å². The van der Waals surface area contributed by atoms with Gasteiger partial charge in [-0.15, -0.1) is 0 Å². The van der Waals surface area contributed by atoms with Crippen molar-refractivity contribution in [1.82, 2.24) is 10.2 Å². The van der Waals surface area contributed by atoms with E-state index in [1.807, 2.05) is 18.8 Å². The van der Waals surface area contributed by atoms with Crippen LogP contribution in [0.15, 0.2) is 4.99 Å². The van der Waals surface area contributed by atoms with Gasteiger partial charge in [0.15, 0.2) is 5.96 Å². The first-order valence-corrected chi connectivity index (χ1v) is 7.16. The van der Waals surface area contributed by atoms with E-state index >= 15 is 0 Å². The minimum atomic E-state index is 0.252. The molecule has 0 bridgehead atoms. The van der Waals surface area contributed by atoms with Crippen LogP contribution in [0, 0.1) is 0 Å². The average molecular weight is 245 g/mol. The number of hydrogen-bond acceptors (Lipinski definition) is 2. The van der Waals surface area contributed by atoms with Crippen LogP contribution >= 0.6 is 11.8 Å². The third kappa shape index (κ3) is 6.26. The fourth-order valence-corrected chi connectivity index (χ4v) is 1.47. The summed E-state index contributed by atoms with van der Waals surface area (Å²) in [6.07, 6.45) is 4.58. The van der Waals surface area contributed by atoms with Crippen molar-refractivity contribution in [1.29, 1.82) is 0 Å². The van der Waals surface area contributed by atoms with E-state index in [0.717, 1.165) is 19.0 Å². The van der Waals surface area contributed by atoms with Gasteiger partial charge in [-0.25, -0.2) is 0 Å². The van der Waals surface area contributed by atoms with Crippen LogP contribution in [-0.2, 0) is 0 Å². The Morgan fingerprint density at radius 3 is 2.50 bits per heavy atom. The van der Waals surface area contributed by atoms with Crippen molar-refractivity contribution in [2.45, 2.75) is 38.4 Å². The number of rotatable bonds is 6. The Balaban J connectivity index is 4.11. The molecule has 0 fully saturated rings. The van der Waals surface area contributed by atoms with Gasteiger partial charge in [0, 0.05) is 31.9 Å². The standard InChI is InChI=1S/C12H27N3S/c1-7-8-9-15(5)11(13-4)14-10-12(2,3)16-6/h7-10H2,1-6H3,(H,13,14). The van der Waals surface area contributed by atoms with Gasteiger partial charge in [0.05, 0.1) is 0 Å². The Morgan fingerprint density at radius 1 is 1.44 bits per heavy atom. The predicted octanol–water partition coefficient (Wildman–Crippen LogP) is 2.44. The molecule has 0 saturated heterocycles. The highest BCUT2D eigenvalue weighted by molar-refractivity contribution is 7.99. The summed E-state index contributed by atoms with van der Waals surface area (Å²) in [5.74, 6) is 0.996. The largest absolute Gasteiger partial charge is 0.355 e. The van der Waals surface area contributed by atoms with Crippen molar-refractivity contribution in [3.05, 3.63) is 0 Å². The molecule has 0 saturated carbocycles. The maximum Gasteiger partial charge on any atom is 0.193 e. The first kappa shape index (κ1) is 15.6. The first-order valence-electron chi connectivity index (χ1n) is 5.93. The second-order valence-electron chi connectivity index (χ2n) is 4.64. The molecule has 0 atom stereocenters. The fraction of sp³-hybridized carbons (Fsp3) is 0.917. The lowest BCUT2D eigenvalue weighted by Crippen LogP contribution is -2.44. The average Bonchev–Trinajstić information content (AvgIpc) is 2.27. The topological polar surface area (TPSA) is 27.6 Å². The zero-order valence-corrected chi connectivity index (χ0v) is 12.4. The van der Waals surface area contributed by atoms with Crippen LogP contribution < -0.4 is 5.32 Å². The summed E-state index contributed by atoms with van der Waals surface area (Å²) in [7, 11) is 3.94. The second-order valence-corrected chi connectivity index (χ2v) is 6.15. The molecule has 0 amide bonds. The maximum atomic E-state index is 4.30. The summed E-state index contributed by atoms with van der Waals surface area (Å²) >= 11 is 1.87. The zero-order valence-electron chi connectivity index (χ0n) is 11.6. The molecule has 0 radical (unpaired) electrons. The Morgan fingerprint density at radius 2 is 2.06 bits per heavy atom. The molecule has 16 heavy (non-hydrogen) atoms. The van der Waals surface area contributed by atoms with Gasteiger partial charge < -0.3 is 10.2 Å². The van der Waals surface area contributed by atoms with E-state index in [1.165, 1.54) is 12.8 Å². The lowest BCUT2D eigenvalue weighted by Gasteiger charge is -2.27. The van der Waals surface area contributed by atoms with Crippen LogP contribution in [0.5, 0.6) is 0 Å². The van der Waals surface area contributed by atoms with E-state index in [2.05, 4.69) is 49.3 Å². The molecule has 1 N–H and O–H groups in total. The van der Waals surface area contributed by atoms with Crippen molar-refractivity contribution in [3.8, 4) is 0 Å². The third-order valence-corrected chi connectivity index (χ3v) is 3.89. The van der Waals surface area contributed by atoms with Crippen LogP contribution in [0.3, 0.4) is 0 Å². The predicted molar refractivity (Wildman–Crippen MR) is 76.5 cm³/mol. The van der Waals surface area contributed by atoms with Crippen molar-refractivity contribution >= 4 is 17.7 Å². The molecular formula is C12H27N3S. The highest BCUT2D eigenvalue weighted by Gasteiger charge is 2.17. The third-order valence-electron chi connectivity index (χ3n) is 2.65. The molecule has 0 aliphatic carbocycles. The van der Waals surface area contributed by atoms with Gasteiger partial charge in [-0.3, -0.25) is 4.99 Å². The van der Waals surface area contributed by atoms with Crippen molar-refractivity contribution in [3.63, 3.8) is 0 Å². The molecule has 3 nitrogen and oxygen atoms in total. The number of guanidine groups is 1. The van der Waals surface area contributed by atoms with Gasteiger partial charge in [0.2, 0.25) is 0 Å². The molecule has 0 rings (SSSR count). The maximum absolute atomic E-state index is 4.30. The number of aliphatic imine (C=N–C) groups is 1. The zero-order chi connectivity index (χ0) is 12.6. The fourth-order valence-electron chi connectivity index (χ4n) is 1.25. The van der Waals surface area contributed by atoms with E-state index in [1.54, 1.807) is 0 Å². The summed E-state index contributed by atoms with van der Waals surface area (Å²) in [5.41, 5.74) is 0. The normalized spacial score (nSPS) is 12.8. The number of thioether (sulfide) groups is 1. The quantitative estimate of drug-likeness (QED) is 0.575. The molecule has 0 unspecified atom stereocenters. The Labute approximate surface area is 105 Å². The molecule has 0 aromatic rings. The summed E-state index contributed by atoms with van der Waals surface area (Å²) < 4.78 is 0.252. The van der Waals surface area contributed by atoms with Gasteiger partial charge in [-0.05, 0) is 26.5 Å². The first-order chi connectivity index (χ1) is 7.46. The Hall–Kier alpha value is -0.380. The molecule has 0 aromatic heterocycles. The van der Waals surface area contributed by atoms with Gasteiger partial charge in [0.25, 0.3) is 0 Å². The lowest BCUT2D eigenvalue weighted by molar-refractivity contribution is 0.461. The number of hydrogen-bond donors (Lipinski definition) is 1. The van der Waals surface area contributed by atoms with Crippen LogP contribution in [0.1, 0.15) is 33.6 Å². The van der Waals surface area contributed by atoms with Crippen LogP contribution in [0.25, 0.3) is 0 Å². The molecule has 0 heterocycles. The lowest BCUT2D eigenvalue weighted by atomic mass is 10.2. The smallest absolute Gasteiger partial charge is 0.193 e. The van der Waals surface area contributed by atoms with Gasteiger partial charge in [0.1, 0.15) is 0 Å². The van der Waals surface area contributed by atoms with E-state index in [0.29, 0.717) is 0 Å². The van der Waals surface area contributed by atoms with E-state index in [9.17, 15) is 0 Å². The molecule has 0 aliphatic heterocycles. The molecular weight excluding hydrogens is 218 g/mol. The van der Waals surface area contributed by atoms with E-state index in [4.69, 9.17) is 0 Å². The van der Waals surface area contributed by atoms with Gasteiger partial charge >= 0.3 is 0 Å². The van der Waals surface area contributed by atoms with E-state index < -0.39 is 0 Å².